The van der Waals surface area contributed by atoms with Gasteiger partial charge in [0.1, 0.15) is 5.71 Å². The van der Waals surface area contributed by atoms with Crippen LogP contribution in [0.1, 0.15) is 51.7 Å². The molecule has 1 heterocycles. The van der Waals surface area contributed by atoms with Gasteiger partial charge in [-0.1, -0.05) is 79.7 Å². The average molecular weight is 441 g/mol. The van der Waals surface area contributed by atoms with Gasteiger partial charge in [0.05, 0.1) is 5.57 Å². The second kappa shape index (κ2) is 9.62. The maximum atomic E-state index is 12.6. The molecule has 0 aromatic heterocycles. The van der Waals surface area contributed by atoms with E-state index in [-0.39, 0.29) is 11.4 Å². The monoisotopic (exact) mass is 440 g/mol. The van der Waals surface area contributed by atoms with E-state index in [9.17, 15) is 4.79 Å². The Balaban J connectivity index is 1.64. The Bertz CT molecular complexity index is 1130. The van der Waals surface area contributed by atoms with Crippen LogP contribution >= 0.6 is 0 Å². The third-order valence-electron chi connectivity index (χ3n) is 6.25. The van der Waals surface area contributed by atoms with Gasteiger partial charge in [-0.15, -0.1) is 0 Å². The Kier molecular flexibility index (Phi) is 6.64. The first-order valence-electron chi connectivity index (χ1n) is 11.7. The van der Waals surface area contributed by atoms with Crippen LogP contribution < -0.4 is 4.90 Å². The smallest absolute Gasteiger partial charge is 0.368 e. The van der Waals surface area contributed by atoms with Crippen molar-refractivity contribution in [1.29, 1.82) is 0 Å². The van der Waals surface area contributed by atoms with Crippen LogP contribution in [0.25, 0.3) is 6.08 Å². The topological polar surface area (TPSA) is 41.9 Å². The number of rotatable bonds is 6. The average Bonchev–Trinajstić information content (AvgIpc) is 3.20. The molecule has 4 nitrogen and oxygen atoms in total. The lowest BCUT2D eigenvalue weighted by Crippen LogP contribution is -2.21. The summed E-state index contributed by atoms with van der Waals surface area (Å²) in [4.78, 5) is 20.1. The number of nitrogens with zero attached hydrogens (tertiary/aromatic N) is 2. The number of anilines is 1. The quantitative estimate of drug-likeness (QED) is 0.378. The highest BCUT2D eigenvalue weighted by molar-refractivity contribution is 6.29. The third-order valence-corrected chi connectivity index (χ3v) is 6.25. The molecule has 2 aliphatic rings. The molecule has 0 saturated heterocycles. The zero-order valence-corrected chi connectivity index (χ0v) is 20.0. The molecule has 33 heavy (non-hydrogen) atoms. The summed E-state index contributed by atoms with van der Waals surface area (Å²) in [5.41, 5.74) is 6.75. The first kappa shape index (κ1) is 22.8. The van der Waals surface area contributed by atoms with E-state index < -0.39 is 0 Å². The number of carbonyl (C=O) groups is 1. The molecule has 1 aliphatic carbocycles. The molecule has 170 valence electrons. The Labute approximate surface area is 196 Å². The summed E-state index contributed by atoms with van der Waals surface area (Å²) >= 11 is 0. The van der Waals surface area contributed by atoms with Crippen molar-refractivity contribution in [3.8, 4) is 0 Å². The molecule has 0 radical (unpaired) electrons. The van der Waals surface area contributed by atoms with Crippen molar-refractivity contribution >= 4 is 23.4 Å². The summed E-state index contributed by atoms with van der Waals surface area (Å²) < 4.78 is 0. The summed E-state index contributed by atoms with van der Waals surface area (Å²) in [6, 6.07) is 18.4. The van der Waals surface area contributed by atoms with Crippen LogP contribution in [-0.2, 0) is 9.63 Å². The molecule has 0 N–H and O–H groups in total. The molecule has 0 spiro atoms. The van der Waals surface area contributed by atoms with Crippen LogP contribution in [0.5, 0.6) is 0 Å². The number of benzene rings is 2. The maximum absolute atomic E-state index is 12.6. The lowest BCUT2D eigenvalue weighted by molar-refractivity contribution is -0.136. The van der Waals surface area contributed by atoms with Gasteiger partial charge in [-0.25, -0.2) is 4.79 Å². The van der Waals surface area contributed by atoms with Gasteiger partial charge in [0, 0.05) is 24.3 Å². The van der Waals surface area contributed by atoms with E-state index in [1.54, 1.807) is 0 Å². The molecule has 0 atom stereocenters. The SMILES string of the molecule is CCN(CC)c1ccc(/C=C/C2=CC(=C3/C(=O)ON=C3c3ccccc3)/CC(C)(C)C2)cc1. The Morgan fingerprint density at radius 3 is 2.33 bits per heavy atom. The number of hydrogen-bond acceptors (Lipinski definition) is 4. The maximum Gasteiger partial charge on any atom is 0.368 e. The van der Waals surface area contributed by atoms with Crippen LogP contribution in [0.4, 0.5) is 5.69 Å². The summed E-state index contributed by atoms with van der Waals surface area (Å²) in [7, 11) is 0. The van der Waals surface area contributed by atoms with E-state index >= 15 is 0 Å². The molecule has 4 heteroatoms. The molecule has 0 amide bonds. The summed E-state index contributed by atoms with van der Waals surface area (Å²) in [5.74, 6) is -0.367. The van der Waals surface area contributed by atoms with Crippen molar-refractivity contribution in [3.63, 3.8) is 0 Å². The van der Waals surface area contributed by atoms with E-state index in [0.29, 0.717) is 11.3 Å². The predicted octanol–water partition coefficient (Wildman–Crippen LogP) is 6.55. The highest BCUT2D eigenvalue weighted by atomic mass is 16.7. The summed E-state index contributed by atoms with van der Waals surface area (Å²) in [6.07, 6.45) is 8.23. The highest BCUT2D eigenvalue weighted by Crippen LogP contribution is 2.41. The molecule has 0 unspecified atom stereocenters. The fourth-order valence-electron chi connectivity index (χ4n) is 4.66. The van der Waals surface area contributed by atoms with Crippen LogP contribution in [0.3, 0.4) is 0 Å². The second-order valence-electron chi connectivity index (χ2n) is 9.42. The first-order valence-corrected chi connectivity index (χ1v) is 11.7. The molecule has 0 bridgehead atoms. The minimum Gasteiger partial charge on any atom is -0.372 e. The van der Waals surface area contributed by atoms with Gasteiger partial charge >= 0.3 is 5.97 Å². The van der Waals surface area contributed by atoms with Gasteiger partial charge in [0.2, 0.25) is 0 Å². The van der Waals surface area contributed by atoms with Crippen molar-refractivity contribution in [2.75, 3.05) is 18.0 Å². The Morgan fingerprint density at radius 2 is 1.67 bits per heavy atom. The number of oxime groups is 1. The minimum absolute atomic E-state index is 0.0357. The van der Waals surface area contributed by atoms with E-state index in [1.807, 2.05) is 30.3 Å². The van der Waals surface area contributed by atoms with E-state index in [2.05, 4.69) is 80.2 Å². The zero-order chi connectivity index (χ0) is 23.4. The minimum atomic E-state index is -0.367. The molecule has 4 rings (SSSR count). The largest absolute Gasteiger partial charge is 0.372 e. The number of allylic oxidation sites excluding steroid dienone is 4. The van der Waals surface area contributed by atoms with Crippen LogP contribution in [0.2, 0.25) is 0 Å². The fraction of sp³-hybridized carbons (Fsp3) is 0.310. The normalized spacial score (nSPS) is 19.9. The van der Waals surface area contributed by atoms with Crippen molar-refractivity contribution in [1.82, 2.24) is 0 Å². The number of hydrogen-bond donors (Lipinski definition) is 0. The van der Waals surface area contributed by atoms with Crippen LogP contribution in [-0.4, -0.2) is 24.8 Å². The van der Waals surface area contributed by atoms with Gasteiger partial charge in [0.25, 0.3) is 0 Å². The summed E-state index contributed by atoms with van der Waals surface area (Å²) in [6.45, 7) is 10.8. The molecule has 1 aliphatic heterocycles. The Hall–Kier alpha value is -3.40. The molecule has 2 aromatic carbocycles. The van der Waals surface area contributed by atoms with Gasteiger partial charge in [0.15, 0.2) is 0 Å². The van der Waals surface area contributed by atoms with Gasteiger partial charge in [-0.3, -0.25) is 0 Å². The highest BCUT2D eigenvalue weighted by Gasteiger charge is 2.34. The molecule has 2 aromatic rings. The lowest BCUT2D eigenvalue weighted by Gasteiger charge is -2.31. The molecular formula is C29H32N2O2. The van der Waals surface area contributed by atoms with Gasteiger partial charge in [-0.2, -0.15) is 0 Å². The second-order valence-corrected chi connectivity index (χ2v) is 9.42. The van der Waals surface area contributed by atoms with Crippen molar-refractivity contribution in [2.24, 2.45) is 10.6 Å². The van der Waals surface area contributed by atoms with E-state index in [1.165, 1.54) is 11.3 Å². The predicted molar refractivity (Wildman–Crippen MR) is 136 cm³/mol. The standard InChI is InChI=1S/C29H32N2O2/c1-5-31(6-2)25-16-14-21(15-17-25)12-13-22-18-24(20-29(3,4)19-22)26-27(30-33-28(26)32)23-10-8-7-9-11-23/h7-18H,5-6,19-20H2,1-4H3/b13-12+,26-24-. The third kappa shape index (κ3) is 5.16. The number of carbonyl (C=O) groups excluding carboxylic acids is 1. The molecule has 0 saturated carbocycles. The van der Waals surface area contributed by atoms with E-state index in [0.717, 1.165) is 42.6 Å². The fourth-order valence-corrected chi connectivity index (χ4v) is 4.66. The lowest BCUT2D eigenvalue weighted by atomic mass is 9.73. The Morgan fingerprint density at radius 1 is 0.970 bits per heavy atom. The van der Waals surface area contributed by atoms with E-state index in [4.69, 9.17) is 4.84 Å². The van der Waals surface area contributed by atoms with Crippen LogP contribution in [0, 0.1) is 5.41 Å². The van der Waals surface area contributed by atoms with Gasteiger partial charge in [-0.05, 0) is 60.9 Å². The van der Waals surface area contributed by atoms with Crippen molar-refractivity contribution < 1.29 is 9.63 Å². The van der Waals surface area contributed by atoms with Crippen molar-refractivity contribution in [3.05, 3.63) is 94.6 Å². The first-order chi connectivity index (χ1) is 15.9. The van der Waals surface area contributed by atoms with Gasteiger partial charge < -0.3 is 9.74 Å². The summed E-state index contributed by atoms with van der Waals surface area (Å²) in [5, 5.41) is 4.10. The van der Waals surface area contributed by atoms with Crippen molar-refractivity contribution in [2.45, 2.75) is 40.5 Å². The molecular weight excluding hydrogens is 408 g/mol. The zero-order valence-electron chi connectivity index (χ0n) is 20.0. The molecule has 0 fully saturated rings. The van der Waals surface area contributed by atoms with Crippen LogP contribution in [0.15, 0.2) is 88.6 Å².